The molecule has 2 saturated heterocycles. The lowest BCUT2D eigenvalue weighted by atomic mass is 9.74. The number of methoxy groups -OCH3 is 1. The molecule has 5 nitrogen and oxygen atoms in total. The summed E-state index contributed by atoms with van der Waals surface area (Å²) in [6.07, 6.45) is 0.909. The number of aliphatic hydroxyl groups is 1. The molecule has 0 saturated carbocycles. The largest absolute Gasteiger partial charge is 0.396 e. The summed E-state index contributed by atoms with van der Waals surface area (Å²) in [5.74, 6) is 0.0709. The molecule has 2 aliphatic rings. The topological polar surface area (TPSA) is 53.0 Å². The van der Waals surface area contributed by atoms with E-state index in [1.165, 1.54) is 13.2 Å². The van der Waals surface area contributed by atoms with Crippen LogP contribution in [0.1, 0.15) is 12.0 Å². The van der Waals surface area contributed by atoms with Gasteiger partial charge in [-0.3, -0.25) is 9.69 Å². The Morgan fingerprint density at radius 1 is 1.42 bits per heavy atom. The van der Waals surface area contributed by atoms with Crippen LogP contribution in [0.3, 0.4) is 0 Å². The van der Waals surface area contributed by atoms with E-state index in [0.29, 0.717) is 37.7 Å². The van der Waals surface area contributed by atoms with E-state index >= 15 is 0 Å². The van der Waals surface area contributed by atoms with Crippen LogP contribution in [0.2, 0.25) is 0 Å². The molecular weight excluding hydrogens is 311 g/mol. The number of carbonyl (C=O) groups is 1. The molecule has 0 aliphatic carbocycles. The van der Waals surface area contributed by atoms with Crippen molar-refractivity contribution in [2.45, 2.75) is 13.0 Å². The van der Waals surface area contributed by atoms with Gasteiger partial charge in [0.1, 0.15) is 12.4 Å². The molecule has 1 aromatic rings. The number of aliphatic hydroxyl groups excluding tert-OH is 1. The van der Waals surface area contributed by atoms with Gasteiger partial charge in [-0.15, -0.1) is 0 Å². The van der Waals surface area contributed by atoms with E-state index in [2.05, 4.69) is 4.90 Å². The highest BCUT2D eigenvalue weighted by molar-refractivity contribution is 5.77. The summed E-state index contributed by atoms with van der Waals surface area (Å²) in [6, 6.07) is 6.81. The minimum absolute atomic E-state index is 0.0274. The Bertz CT molecular complexity index is 597. The number of halogens is 1. The Morgan fingerprint density at radius 3 is 2.92 bits per heavy atom. The van der Waals surface area contributed by atoms with E-state index in [9.17, 15) is 14.3 Å². The number of likely N-dealkylation sites (tertiary alicyclic amines) is 2. The Balaban J connectivity index is 1.70. The van der Waals surface area contributed by atoms with Gasteiger partial charge in [0.15, 0.2) is 0 Å². The molecule has 2 unspecified atom stereocenters. The molecule has 1 amide bonds. The number of rotatable bonds is 5. The van der Waals surface area contributed by atoms with Gasteiger partial charge < -0.3 is 14.7 Å². The molecule has 2 heterocycles. The first kappa shape index (κ1) is 17.3. The van der Waals surface area contributed by atoms with Crippen molar-refractivity contribution in [1.82, 2.24) is 9.80 Å². The number of ether oxygens (including phenoxy) is 1. The summed E-state index contributed by atoms with van der Waals surface area (Å²) < 4.78 is 18.8. The lowest BCUT2D eigenvalue weighted by molar-refractivity contribution is -0.134. The smallest absolute Gasteiger partial charge is 0.248 e. The molecule has 24 heavy (non-hydrogen) atoms. The van der Waals surface area contributed by atoms with Crippen molar-refractivity contribution in [1.29, 1.82) is 0 Å². The Labute approximate surface area is 142 Å². The fraction of sp³-hybridized carbons (Fsp3) is 0.611. The predicted octanol–water partition coefficient (Wildman–Crippen LogP) is 1.11. The van der Waals surface area contributed by atoms with Crippen molar-refractivity contribution < 1.29 is 19.0 Å². The van der Waals surface area contributed by atoms with Gasteiger partial charge in [0.2, 0.25) is 5.91 Å². The first-order valence-corrected chi connectivity index (χ1v) is 8.41. The highest BCUT2D eigenvalue weighted by Gasteiger charge is 2.50. The van der Waals surface area contributed by atoms with Crippen LogP contribution in [0.15, 0.2) is 24.3 Å². The number of fused-ring (bicyclic) bond motifs is 1. The maximum atomic E-state index is 13.9. The van der Waals surface area contributed by atoms with E-state index in [0.717, 1.165) is 13.0 Å². The zero-order valence-electron chi connectivity index (χ0n) is 14.1. The molecule has 132 valence electrons. The maximum absolute atomic E-state index is 13.9. The van der Waals surface area contributed by atoms with Crippen LogP contribution >= 0.6 is 0 Å². The number of hydrogen-bond donors (Lipinski definition) is 1. The number of benzene rings is 1. The van der Waals surface area contributed by atoms with Crippen molar-refractivity contribution in [3.8, 4) is 0 Å². The van der Waals surface area contributed by atoms with E-state index in [1.807, 2.05) is 6.07 Å². The first-order chi connectivity index (χ1) is 11.6. The molecule has 1 N–H and O–H groups in total. The third-order valence-corrected chi connectivity index (χ3v) is 5.43. The van der Waals surface area contributed by atoms with Crippen molar-refractivity contribution in [3.05, 3.63) is 35.6 Å². The standard InChI is InChI=1S/C18H25FN2O3/c1-24-10-17(23)21-9-15-6-7-20(11-18(15,12-21)13-22)8-14-4-2-3-5-16(14)19/h2-5,15,22H,6-13H2,1H3. The van der Waals surface area contributed by atoms with E-state index in [-0.39, 0.29) is 30.4 Å². The Morgan fingerprint density at radius 2 is 2.21 bits per heavy atom. The van der Waals surface area contributed by atoms with Gasteiger partial charge in [-0.05, 0) is 24.9 Å². The molecule has 2 fully saturated rings. The average molecular weight is 336 g/mol. The second-order valence-corrected chi connectivity index (χ2v) is 7.02. The minimum Gasteiger partial charge on any atom is -0.396 e. The summed E-state index contributed by atoms with van der Waals surface area (Å²) in [5.41, 5.74) is 0.363. The second-order valence-electron chi connectivity index (χ2n) is 7.02. The number of nitrogens with zero attached hydrogens (tertiary/aromatic N) is 2. The Hall–Kier alpha value is -1.50. The number of carbonyl (C=O) groups excluding carboxylic acids is 1. The Kier molecular flexibility index (Phi) is 5.18. The zero-order chi connectivity index (χ0) is 17.2. The van der Waals surface area contributed by atoms with Gasteiger partial charge in [-0.1, -0.05) is 18.2 Å². The van der Waals surface area contributed by atoms with Crippen molar-refractivity contribution in [2.75, 3.05) is 46.5 Å². The molecular formula is C18H25FN2O3. The third-order valence-electron chi connectivity index (χ3n) is 5.43. The van der Waals surface area contributed by atoms with Gasteiger partial charge in [-0.2, -0.15) is 0 Å². The molecule has 2 aliphatic heterocycles. The fourth-order valence-electron chi connectivity index (χ4n) is 4.11. The third kappa shape index (κ3) is 3.31. The molecule has 1 aromatic carbocycles. The lowest BCUT2D eigenvalue weighted by Gasteiger charge is -2.43. The molecule has 3 rings (SSSR count). The average Bonchev–Trinajstić information content (AvgIpc) is 2.97. The van der Waals surface area contributed by atoms with Crippen molar-refractivity contribution in [2.24, 2.45) is 11.3 Å². The van der Waals surface area contributed by atoms with Gasteiger partial charge in [0.25, 0.3) is 0 Å². The molecule has 2 atom stereocenters. The zero-order valence-corrected chi connectivity index (χ0v) is 14.1. The van der Waals surface area contributed by atoms with Crippen molar-refractivity contribution in [3.63, 3.8) is 0 Å². The van der Waals surface area contributed by atoms with E-state index < -0.39 is 0 Å². The normalized spacial score (nSPS) is 27.3. The molecule has 0 bridgehead atoms. The van der Waals surface area contributed by atoms with Crippen LogP contribution in [0.4, 0.5) is 4.39 Å². The number of hydrogen-bond acceptors (Lipinski definition) is 4. The second kappa shape index (κ2) is 7.17. The van der Waals surface area contributed by atoms with E-state index in [4.69, 9.17) is 4.74 Å². The maximum Gasteiger partial charge on any atom is 0.248 e. The van der Waals surface area contributed by atoms with Crippen LogP contribution < -0.4 is 0 Å². The number of amides is 1. The van der Waals surface area contributed by atoms with Crippen LogP contribution in [0.25, 0.3) is 0 Å². The molecule has 6 heteroatoms. The highest BCUT2D eigenvalue weighted by atomic mass is 19.1. The van der Waals surface area contributed by atoms with E-state index in [1.54, 1.807) is 17.0 Å². The van der Waals surface area contributed by atoms with Gasteiger partial charge in [0.05, 0.1) is 6.61 Å². The van der Waals surface area contributed by atoms with Crippen molar-refractivity contribution >= 4 is 5.91 Å². The highest BCUT2D eigenvalue weighted by Crippen LogP contribution is 2.42. The molecule has 0 radical (unpaired) electrons. The van der Waals surface area contributed by atoms with Crippen LogP contribution in [-0.2, 0) is 16.1 Å². The summed E-state index contributed by atoms with van der Waals surface area (Å²) >= 11 is 0. The fourth-order valence-corrected chi connectivity index (χ4v) is 4.11. The van der Waals surface area contributed by atoms with Gasteiger partial charge >= 0.3 is 0 Å². The van der Waals surface area contributed by atoms with Crippen LogP contribution in [0.5, 0.6) is 0 Å². The summed E-state index contributed by atoms with van der Waals surface area (Å²) in [7, 11) is 1.51. The van der Waals surface area contributed by atoms with Gasteiger partial charge in [-0.25, -0.2) is 4.39 Å². The lowest BCUT2D eigenvalue weighted by Crippen LogP contribution is -2.50. The predicted molar refractivity (Wildman–Crippen MR) is 87.8 cm³/mol. The quantitative estimate of drug-likeness (QED) is 0.875. The molecule has 0 spiro atoms. The number of piperidine rings is 1. The van der Waals surface area contributed by atoms with Gasteiger partial charge in [0, 0.05) is 44.3 Å². The molecule has 0 aromatic heterocycles. The summed E-state index contributed by atoms with van der Waals surface area (Å²) in [6.45, 7) is 3.41. The van der Waals surface area contributed by atoms with Crippen LogP contribution in [-0.4, -0.2) is 67.3 Å². The SMILES string of the molecule is COCC(=O)N1CC2CCN(Cc3ccccc3F)CC2(CO)C1. The minimum atomic E-state index is -0.313. The summed E-state index contributed by atoms with van der Waals surface area (Å²) in [4.78, 5) is 16.1. The van der Waals surface area contributed by atoms with Crippen LogP contribution in [0, 0.1) is 17.2 Å². The monoisotopic (exact) mass is 336 g/mol. The first-order valence-electron chi connectivity index (χ1n) is 8.41. The summed E-state index contributed by atoms with van der Waals surface area (Å²) in [5, 5.41) is 10.0.